The van der Waals surface area contributed by atoms with E-state index in [-0.39, 0.29) is 0 Å². The predicted octanol–water partition coefficient (Wildman–Crippen LogP) is 3.59. The van der Waals surface area contributed by atoms with Crippen LogP contribution in [-0.2, 0) is 16.6 Å². The molecular weight excluding hydrogens is 326 g/mol. The lowest BCUT2D eigenvalue weighted by molar-refractivity contribution is 0.592. The molecule has 0 aliphatic heterocycles. The van der Waals surface area contributed by atoms with Crippen molar-refractivity contribution in [3.8, 4) is 0 Å². The van der Waals surface area contributed by atoms with E-state index in [0.717, 1.165) is 22.4 Å². The Balaban J connectivity index is 1.63. The lowest BCUT2D eigenvalue weighted by Crippen LogP contribution is -2.22. The van der Waals surface area contributed by atoms with Crippen LogP contribution >= 0.6 is 0 Å². The van der Waals surface area contributed by atoms with E-state index in [4.69, 9.17) is 4.42 Å². The van der Waals surface area contributed by atoms with Crippen LogP contribution in [0.5, 0.6) is 0 Å². The van der Waals surface area contributed by atoms with Gasteiger partial charge in [0.2, 0.25) is 10.0 Å². The summed E-state index contributed by atoms with van der Waals surface area (Å²) in [7, 11) is -3.32. The third kappa shape index (κ3) is 3.68. The van der Waals surface area contributed by atoms with Crippen LogP contribution in [0, 0.1) is 0 Å². The predicted molar refractivity (Wildman–Crippen MR) is 95.5 cm³/mol. The van der Waals surface area contributed by atoms with Gasteiger partial charge < -0.3 is 9.73 Å². The number of oxazole rings is 1. The first-order valence-corrected chi connectivity index (χ1v) is 9.16. The van der Waals surface area contributed by atoms with Crippen LogP contribution in [0.1, 0.15) is 19.4 Å². The zero-order chi connectivity index (χ0) is 17.2. The molecular formula is C17H19N3O3S. The van der Waals surface area contributed by atoms with Crippen molar-refractivity contribution in [1.29, 1.82) is 0 Å². The summed E-state index contributed by atoms with van der Waals surface area (Å²) in [6.07, 6.45) is 1.42. The van der Waals surface area contributed by atoms with Crippen molar-refractivity contribution in [2.45, 2.75) is 25.6 Å². The zero-order valence-electron chi connectivity index (χ0n) is 13.5. The Bertz CT molecular complexity index is 931. The molecule has 0 bridgehead atoms. The molecule has 0 aliphatic rings. The molecule has 0 atom stereocenters. The van der Waals surface area contributed by atoms with Gasteiger partial charge in [-0.1, -0.05) is 12.1 Å². The van der Waals surface area contributed by atoms with Gasteiger partial charge in [-0.15, -0.1) is 0 Å². The molecule has 0 aliphatic carbocycles. The Hall–Kier alpha value is -2.54. The lowest BCUT2D eigenvalue weighted by Gasteiger charge is -2.11. The van der Waals surface area contributed by atoms with E-state index in [9.17, 15) is 8.42 Å². The van der Waals surface area contributed by atoms with Crippen LogP contribution in [0.25, 0.3) is 11.1 Å². The second-order valence-corrected chi connectivity index (χ2v) is 8.02. The van der Waals surface area contributed by atoms with Gasteiger partial charge >= 0.3 is 0 Å². The van der Waals surface area contributed by atoms with E-state index in [2.05, 4.69) is 15.0 Å². The van der Waals surface area contributed by atoms with Crippen LogP contribution in [0.2, 0.25) is 0 Å². The molecule has 0 radical (unpaired) electrons. The van der Waals surface area contributed by atoms with Gasteiger partial charge in [-0.05, 0) is 49.7 Å². The first-order valence-electron chi connectivity index (χ1n) is 7.62. The van der Waals surface area contributed by atoms with Crippen molar-refractivity contribution < 1.29 is 12.8 Å². The second-order valence-electron chi connectivity index (χ2n) is 5.78. The number of aromatic nitrogens is 1. The number of fused-ring (bicyclic) bond motifs is 1. The average Bonchev–Trinajstić information content (AvgIpc) is 3.01. The van der Waals surface area contributed by atoms with E-state index in [1.54, 1.807) is 26.0 Å². The fraction of sp³-hybridized carbons (Fsp3) is 0.235. The Morgan fingerprint density at radius 1 is 1.08 bits per heavy atom. The summed E-state index contributed by atoms with van der Waals surface area (Å²) < 4.78 is 31.5. The van der Waals surface area contributed by atoms with E-state index < -0.39 is 15.3 Å². The maximum atomic E-state index is 11.8. The Kier molecular flexibility index (Phi) is 4.44. The topological polar surface area (TPSA) is 84.2 Å². The monoisotopic (exact) mass is 345 g/mol. The van der Waals surface area contributed by atoms with Crippen LogP contribution in [0.3, 0.4) is 0 Å². The van der Waals surface area contributed by atoms with Gasteiger partial charge in [0.1, 0.15) is 5.52 Å². The molecule has 1 heterocycles. The van der Waals surface area contributed by atoms with E-state index in [1.807, 2.05) is 30.3 Å². The van der Waals surface area contributed by atoms with Crippen molar-refractivity contribution in [1.82, 2.24) is 4.98 Å². The van der Waals surface area contributed by atoms with Crippen molar-refractivity contribution in [3.05, 3.63) is 54.4 Å². The highest BCUT2D eigenvalue weighted by Crippen LogP contribution is 2.19. The number of nitrogens with zero attached hydrogens (tertiary/aromatic N) is 1. The average molecular weight is 345 g/mol. The number of nitrogens with one attached hydrogen (secondary N) is 2. The third-order valence-corrected chi connectivity index (χ3v) is 5.42. The molecule has 0 spiro atoms. The number of benzene rings is 2. The normalized spacial score (nSPS) is 11.8. The molecule has 7 heteroatoms. The van der Waals surface area contributed by atoms with Crippen LogP contribution < -0.4 is 10.0 Å². The summed E-state index contributed by atoms with van der Waals surface area (Å²) in [5, 5.41) is 2.84. The number of rotatable bonds is 6. The van der Waals surface area contributed by atoms with Gasteiger partial charge in [0.25, 0.3) is 0 Å². The molecule has 0 unspecified atom stereocenters. The highest BCUT2D eigenvalue weighted by atomic mass is 32.2. The minimum atomic E-state index is -3.32. The molecule has 24 heavy (non-hydrogen) atoms. The van der Waals surface area contributed by atoms with Gasteiger partial charge in [-0.3, -0.25) is 4.72 Å². The summed E-state index contributed by atoms with van der Waals surface area (Å²) in [5.74, 6) is 0. The van der Waals surface area contributed by atoms with Gasteiger partial charge in [0.15, 0.2) is 12.0 Å². The standard InChI is InChI=1S/C17H19N3O3S/c1-12(2)24(21,22)20-14-5-3-13(4-6-14)10-18-15-7-8-17-16(9-15)19-11-23-17/h3-9,11-12,18,20H,10H2,1-2H3. The molecule has 0 fully saturated rings. The molecule has 1 aromatic heterocycles. The molecule has 0 saturated heterocycles. The molecule has 6 nitrogen and oxygen atoms in total. The second kappa shape index (κ2) is 6.52. The van der Waals surface area contributed by atoms with E-state index in [0.29, 0.717) is 12.2 Å². The Morgan fingerprint density at radius 3 is 2.50 bits per heavy atom. The minimum absolute atomic E-state index is 0.467. The number of anilines is 2. The summed E-state index contributed by atoms with van der Waals surface area (Å²) in [6.45, 7) is 3.92. The number of sulfonamides is 1. The first kappa shape index (κ1) is 16.3. The summed E-state index contributed by atoms with van der Waals surface area (Å²) in [6, 6.07) is 13.0. The fourth-order valence-corrected chi connectivity index (χ4v) is 2.84. The Labute approximate surface area is 141 Å². The maximum Gasteiger partial charge on any atom is 0.235 e. The van der Waals surface area contributed by atoms with Gasteiger partial charge in [-0.25, -0.2) is 13.4 Å². The van der Waals surface area contributed by atoms with Gasteiger partial charge in [0, 0.05) is 17.9 Å². The molecule has 0 amide bonds. The quantitative estimate of drug-likeness (QED) is 0.713. The van der Waals surface area contributed by atoms with E-state index in [1.165, 1.54) is 6.39 Å². The molecule has 0 saturated carbocycles. The van der Waals surface area contributed by atoms with Crippen molar-refractivity contribution in [2.24, 2.45) is 0 Å². The number of hydrogen-bond donors (Lipinski definition) is 2. The van der Waals surface area contributed by atoms with Crippen molar-refractivity contribution in [2.75, 3.05) is 10.0 Å². The fourth-order valence-electron chi connectivity index (χ4n) is 2.14. The van der Waals surface area contributed by atoms with Crippen LogP contribution in [0.4, 0.5) is 11.4 Å². The van der Waals surface area contributed by atoms with Crippen molar-refractivity contribution >= 4 is 32.5 Å². The maximum absolute atomic E-state index is 11.8. The zero-order valence-corrected chi connectivity index (χ0v) is 14.3. The van der Waals surface area contributed by atoms with Gasteiger partial charge in [-0.2, -0.15) is 0 Å². The van der Waals surface area contributed by atoms with E-state index >= 15 is 0 Å². The SMILES string of the molecule is CC(C)S(=O)(=O)Nc1ccc(CNc2ccc3ocnc3c2)cc1. The number of hydrogen-bond acceptors (Lipinski definition) is 5. The highest BCUT2D eigenvalue weighted by Gasteiger charge is 2.15. The molecule has 3 aromatic rings. The molecule has 126 valence electrons. The highest BCUT2D eigenvalue weighted by molar-refractivity contribution is 7.93. The summed E-state index contributed by atoms with van der Waals surface area (Å²) >= 11 is 0. The summed E-state index contributed by atoms with van der Waals surface area (Å²) in [5.41, 5.74) is 4.11. The largest absolute Gasteiger partial charge is 0.443 e. The Morgan fingerprint density at radius 2 is 1.79 bits per heavy atom. The third-order valence-electron chi connectivity index (χ3n) is 3.66. The molecule has 2 N–H and O–H groups in total. The van der Waals surface area contributed by atoms with Crippen LogP contribution in [0.15, 0.2) is 53.3 Å². The first-order chi connectivity index (χ1) is 11.4. The van der Waals surface area contributed by atoms with Crippen molar-refractivity contribution in [3.63, 3.8) is 0 Å². The summed E-state index contributed by atoms with van der Waals surface area (Å²) in [4.78, 5) is 4.12. The minimum Gasteiger partial charge on any atom is -0.443 e. The van der Waals surface area contributed by atoms with Crippen LogP contribution in [-0.4, -0.2) is 18.7 Å². The van der Waals surface area contributed by atoms with Gasteiger partial charge in [0.05, 0.1) is 5.25 Å². The smallest absolute Gasteiger partial charge is 0.235 e. The molecule has 3 rings (SSSR count). The molecule has 2 aromatic carbocycles. The lowest BCUT2D eigenvalue weighted by atomic mass is 10.2.